The molecule has 0 spiro atoms. The van der Waals surface area contributed by atoms with Gasteiger partial charge in [0, 0.05) is 19.0 Å². The lowest BCUT2D eigenvalue weighted by molar-refractivity contribution is -0.122. The van der Waals surface area contributed by atoms with Gasteiger partial charge in [-0.05, 0) is 40.2 Å². The summed E-state index contributed by atoms with van der Waals surface area (Å²) in [5, 5.41) is -0.309. The Balaban J connectivity index is 2.45. The highest BCUT2D eigenvalue weighted by Crippen LogP contribution is 2.17. The van der Waals surface area contributed by atoms with Crippen LogP contribution in [0.1, 0.15) is 33.6 Å². The van der Waals surface area contributed by atoms with Crippen LogP contribution in [0.5, 0.6) is 0 Å². The standard InChI is InChI=1S/C12H23NO3S/c1-10(2)17(15,16)8-7-13-6-4-5-12(9-13)11(3)14/h10,12H,4-9H2,1-3H3. The molecule has 0 aromatic rings. The number of sulfone groups is 1. The SMILES string of the molecule is CC(=O)C1CCCN(CCS(=O)(=O)C(C)C)C1. The monoisotopic (exact) mass is 261 g/mol. The molecule has 100 valence electrons. The largest absolute Gasteiger partial charge is 0.302 e. The average molecular weight is 261 g/mol. The molecule has 0 saturated carbocycles. The molecule has 1 saturated heterocycles. The van der Waals surface area contributed by atoms with Gasteiger partial charge in [-0.3, -0.25) is 4.79 Å². The van der Waals surface area contributed by atoms with E-state index in [4.69, 9.17) is 0 Å². The molecule has 1 atom stereocenters. The molecule has 0 aliphatic carbocycles. The van der Waals surface area contributed by atoms with E-state index in [9.17, 15) is 13.2 Å². The van der Waals surface area contributed by atoms with Crippen molar-refractivity contribution in [3.05, 3.63) is 0 Å². The van der Waals surface area contributed by atoms with E-state index in [1.165, 1.54) is 0 Å². The van der Waals surface area contributed by atoms with Crippen LogP contribution in [-0.4, -0.2) is 49.7 Å². The van der Waals surface area contributed by atoms with Gasteiger partial charge >= 0.3 is 0 Å². The molecule has 1 rings (SSSR count). The first kappa shape index (κ1) is 14.6. The predicted octanol–water partition coefficient (Wildman–Crippen LogP) is 1.11. The molecule has 0 aromatic heterocycles. The first-order valence-corrected chi connectivity index (χ1v) is 7.99. The second-order valence-corrected chi connectivity index (χ2v) is 7.84. The summed E-state index contributed by atoms with van der Waals surface area (Å²) in [5.41, 5.74) is 0. The van der Waals surface area contributed by atoms with Crippen molar-refractivity contribution in [3.63, 3.8) is 0 Å². The van der Waals surface area contributed by atoms with Crippen molar-refractivity contribution in [2.24, 2.45) is 5.92 Å². The van der Waals surface area contributed by atoms with Crippen LogP contribution in [0.4, 0.5) is 0 Å². The van der Waals surface area contributed by atoms with E-state index in [1.807, 2.05) is 0 Å². The highest BCUT2D eigenvalue weighted by atomic mass is 32.2. The van der Waals surface area contributed by atoms with Gasteiger partial charge in [-0.1, -0.05) is 0 Å². The molecular formula is C12H23NO3S. The molecule has 1 aliphatic rings. The Morgan fingerprint density at radius 3 is 2.59 bits per heavy atom. The van der Waals surface area contributed by atoms with Gasteiger partial charge in [0.25, 0.3) is 0 Å². The molecule has 0 aromatic carbocycles. The molecule has 0 amide bonds. The van der Waals surface area contributed by atoms with Crippen molar-refractivity contribution in [3.8, 4) is 0 Å². The lowest BCUT2D eigenvalue weighted by Gasteiger charge is -2.31. The Hall–Kier alpha value is -0.420. The minimum absolute atomic E-state index is 0.102. The van der Waals surface area contributed by atoms with Gasteiger partial charge in [-0.2, -0.15) is 0 Å². The first-order chi connectivity index (χ1) is 7.83. The number of nitrogens with zero attached hydrogens (tertiary/aromatic N) is 1. The van der Waals surface area contributed by atoms with E-state index in [0.29, 0.717) is 6.54 Å². The zero-order valence-corrected chi connectivity index (χ0v) is 11.8. The molecule has 1 aliphatic heterocycles. The molecule has 0 radical (unpaired) electrons. The molecule has 0 N–H and O–H groups in total. The minimum atomic E-state index is -2.96. The Kier molecular flexibility index (Phi) is 5.13. The number of piperidine rings is 1. The van der Waals surface area contributed by atoms with Crippen LogP contribution >= 0.6 is 0 Å². The zero-order chi connectivity index (χ0) is 13.1. The Labute approximate surface area is 104 Å². The number of ketones is 1. The van der Waals surface area contributed by atoms with E-state index < -0.39 is 9.84 Å². The molecule has 0 bridgehead atoms. The first-order valence-electron chi connectivity index (χ1n) is 6.27. The summed E-state index contributed by atoms with van der Waals surface area (Å²) >= 11 is 0. The predicted molar refractivity (Wildman–Crippen MR) is 68.8 cm³/mol. The Morgan fingerprint density at radius 2 is 2.06 bits per heavy atom. The van der Waals surface area contributed by atoms with Gasteiger partial charge in [0.05, 0.1) is 11.0 Å². The van der Waals surface area contributed by atoms with Crippen molar-refractivity contribution < 1.29 is 13.2 Å². The van der Waals surface area contributed by atoms with E-state index in [1.54, 1.807) is 20.8 Å². The summed E-state index contributed by atoms with van der Waals surface area (Å²) in [6.45, 7) is 7.25. The maximum atomic E-state index is 11.7. The van der Waals surface area contributed by atoms with Crippen molar-refractivity contribution >= 4 is 15.6 Å². The van der Waals surface area contributed by atoms with Crippen molar-refractivity contribution in [2.45, 2.75) is 38.9 Å². The lowest BCUT2D eigenvalue weighted by Crippen LogP contribution is -2.41. The van der Waals surface area contributed by atoms with E-state index in [2.05, 4.69) is 4.90 Å². The van der Waals surface area contributed by atoms with Crippen LogP contribution in [0.15, 0.2) is 0 Å². The van der Waals surface area contributed by atoms with E-state index >= 15 is 0 Å². The number of carbonyl (C=O) groups excluding carboxylic acids is 1. The molecule has 5 heteroatoms. The van der Waals surface area contributed by atoms with Crippen LogP contribution in [0.3, 0.4) is 0 Å². The number of hydrogen-bond donors (Lipinski definition) is 0. The Bertz CT molecular complexity index is 362. The van der Waals surface area contributed by atoms with E-state index in [-0.39, 0.29) is 22.7 Å². The normalized spacial score (nSPS) is 22.9. The smallest absolute Gasteiger partial charge is 0.153 e. The highest BCUT2D eigenvalue weighted by molar-refractivity contribution is 7.92. The number of likely N-dealkylation sites (tertiary alicyclic amines) is 1. The molecule has 17 heavy (non-hydrogen) atoms. The maximum absolute atomic E-state index is 11.7. The topological polar surface area (TPSA) is 54.5 Å². The van der Waals surface area contributed by atoms with Gasteiger partial charge in [0.1, 0.15) is 5.78 Å². The van der Waals surface area contributed by atoms with Crippen LogP contribution in [-0.2, 0) is 14.6 Å². The highest BCUT2D eigenvalue weighted by Gasteiger charge is 2.24. The summed E-state index contributed by atoms with van der Waals surface area (Å²) in [7, 11) is -2.96. The molecule has 1 fully saturated rings. The summed E-state index contributed by atoms with van der Waals surface area (Å²) < 4.78 is 23.4. The van der Waals surface area contributed by atoms with Crippen LogP contribution < -0.4 is 0 Å². The number of hydrogen-bond acceptors (Lipinski definition) is 4. The fraction of sp³-hybridized carbons (Fsp3) is 0.917. The van der Waals surface area contributed by atoms with Gasteiger partial charge < -0.3 is 4.90 Å². The minimum Gasteiger partial charge on any atom is -0.302 e. The quantitative estimate of drug-likeness (QED) is 0.744. The molecule has 1 heterocycles. The van der Waals surface area contributed by atoms with Gasteiger partial charge in [-0.25, -0.2) is 8.42 Å². The molecule has 1 unspecified atom stereocenters. The average Bonchev–Trinajstić information content (AvgIpc) is 2.26. The fourth-order valence-corrected chi connectivity index (χ4v) is 3.07. The van der Waals surface area contributed by atoms with Crippen molar-refractivity contribution in [1.29, 1.82) is 0 Å². The third kappa shape index (κ3) is 4.39. The zero-order valence-electron chi connectivity index (χ0n) is 11.0. The van der Waals surface area contributed by atoms with Crippen LogP contribution in [0, 0.1) is 5.92 Å². The number of rotatable bonds is 5. The lowest BCUT2D eigenvalue weighted by atomic mass is 9.95. The van der Waals surface area contributed by atoms with Crippen molar-refractivity contribution in [1.82, 2.24) is 4.90 Å². The fourth-order valence-electron chi connectivity index (χ4n) is 2.08. The van der Waals surface area contributed by atoms with Crippen LogP contribution in [0.2, 0.25) is 0 Å². The van der Waals surface area contributed by atoms with Crippen molar-refractivity contribution in [2.75, 3.05) is 25.4 Å². The number of carbonyl (C=O) groups is 1. The van der Waals surface area contributed by atoms with Gasteiger partial charge in [-0.15, -0.1) is 0 Å². The Morgan fingerprint density at radius 1 is 1.41 bits per heavy atom. The third-order valence-electron chi connectivity index (χ3n) is 3.49. The maximum Gasteiger partial charge on any atom is 0.153 e. The second kappa shape index (κ2) is 5.96. The summed E-state index contributed by atoms with van der Waals surface area (Å²) in [5.74, 6) is 0.530. The van der Waals surface area contributed by atoms with Gasteiger partial charge in [0.15, 0.2) is 9.84 Å². The van der Waals surface area contributed by atoms with E-state index in [0.717, 1.165) is 25.9 Å². The third-order valence-corrected chi connectivity index (χ3v) is 5.68. The molecule has 4 nitrogen and oxygen atoms in total. The number of Topliss-reactive ketones (excluding diaryl/α,β-unsaturated/α-hetero) is 1. The summed E-state index contributed by atoms with van der Waals surface area (Å²) in [6, 6.07) is 0. The van der Waals surface area contributed by atoms with Crippen LogP contribution in [0.25, 0.3) is 0 Å². The molecular weight excluding hydrogens is 238 g/mol. The summed E-state index contributed by atoms with van der Waals surface area (Å²) in [6.07, 6.45) is 1.94. The second-order valence-electron chi connectivity index (χ2n) is 5.17. The summed E-state index contributed by atoms with van der Waals surface area (Å²) in [4.78, 5) is 13.4. The van der Waals surface area contributed by atoms with Gasteiger partial charge in [0.2, 0.25) is 0 Å².